The first kappa shape index (κ1) is 10.1. The Morgan fingerprint density at radius 3 is 2.13 bits per heavy atom. The minimum atomic E-state index is -0.152. The van der Waals surface area contributed by atoms with Crippen molar-refractivity contribution in [3.8, 4) is 0 Å². The van der Waals surface area contributed by atoms with Gasteiger partial charge in [0.15, 0.2) is 0 Å². The fourth-order valence-corrected chi connectivity index (χ4v) is 1.88. The monoisotopic (exact) mass is 201 g/mol. The average molecular weight is 201 g/mol. The highest BCUT2D eigenvalue weighted by atomic mass is 16.1. The summed E-state index contributed by atoms with van der Waals surface area (Å²) in [6.45, 7) is 0. The first-order valence-corrected chi connectivity index (χ1v) is 5.56. The number of carbonyl (C=O) groups is 1. The fraction of sp³-hybridized carbons (Fsp3) is 0.385. The molecule has 78 valence electrons. The van der Waals surface area contributed by atoms with E-state index in [-0.39, 0.29) is 5.91 Å². The highest BCUT2D eigenvalue weighted by molar-refractivity contribution is 6.06. The summed E-state index contributed by atoms with van der Waals surface area (Å²) in [6, 6.07) is 7.47. The molecule has 0 atom stereocenters. The summed E-state index contributed by atoms with van der Waals surface area (Å²) in [5, 5.41) is 1.71. The SMILES string of the molecule is C1CCCC1.O=C1C=c2ccccc2=N1. The fourth-order valence-electron chi connectivity index (χ4n) is 1.88. The molecule has 0 saturated heterocycles. The molecule has 0 spiro atoms. The minimum Gasteiger partial charge on any atom is -0.267 e. The van der Waals surface area contributed by atoms with Crippen molar-refractivity contribution in [3.63, 3.8) is 0 Å². The van der Waals surface area contributed by atoms with Crippen LogP contribution in [0.15, 0.2) is 29.3 Å². The number of hydrogen-bond donors (Lipinski definition) is 0. The lowest BCUT2D eigenvalue weighted by molar-refractivity contribution is -0.112. The molecule has 2 nitrogen and oxygen atoms in total. The summed E-state index contributed by atoms with van der Waals surface area (Å²) in [5.41, 5.74) is 0. The topological polar surface area (TPSA) is 29.4 Å². The van der Waals surface area contributed by atoms with Crippen LogP contribution in [0.3, 0.4) is 0 Å². The van der Waals surface area contributed by atoms with Crippen molar-refractivity contribution in [2.45, 2.75) is 32.1 Å². The molecule has 1 aromatic rings. The quantitative estimate of drug-likeness (QED) is 0.626. The van der Waals surface area contributed by atoms with Crippen LogP contribution in [0.1, 0.15) is 32.1 Å². The normalized spacial score (nSPS) is 17.2. The molecule has 1 heterocycles. The Morgan fingerprint density at radius 2 is 1.53 bits per heavy atom. The first-order valence-electron chi connectivity index (χ1n) is 5.56. The van der Waals surface area contributed by atoms with Crippen molar-refractivity contribution in [2.24, 2.45) is 4.99 Å². The van der Waals surface area contributed by atoms with Gasteiger partial charge in [0, 0.05) is 11.3 Å². The third-order valence-corrected chi connectivity index (χ3v) is 2.70. The third kappa shape index (κ3) is 2.75. The number of rotatable bonds is 0. The van der Waals surface area contributed by atoms with Gasteiger partial charge < -0.3 is 0 Å². The Kier molecular flexibility index (Phi) is 3.28. The summed E-state index contributed by atoms with van der Waals surface area (Å²) < 4.78 is 0. The van der Waals surface area contributed by atoms with Crippen molar-refractivity contribution < 1.29 is 4.79 Å². The van der Waals surface area contributed by atoms with E-state index < -0.39 is 0 Å². The Bertz CT molecular complexity index is 413. The molecule has 15 heavy (non-hydrogen) atoms. The molecule has 1 saturated carbocycles. The Hall–Kier alpha value is -1.44. The van der Waals surface area contributed by atoms with Crippen LogP contribution in [0, 0.1) is 0 Å². The van der Waals surface area contributed by atoms with Gasteiger partial charge in [-0.1, -0.05) is 50.3 Å². The van der Waals surface area contributed by atoms with E-state index in [9.17, 15) is 4.79 Å². The molecule has 0 bridgehead atoms. The maximum absolute atomic E-state index is 10.7. The van der Waals surface area contributed by atoms with Gasteiger partial charge in [-0.05, 0) is 6.07 Å². The molecule has 0 N–H and O–H groups in total. The number of amides is 1. The van der Waals surface area contributed by atoms with E-state index in [1.54, 1.807) is 0 Å². The lowest BCUT2D eigenvalue weighted by Crippen LogP contribution is -2.19. The van der Waals surface area contributed by atoms with Crippen LogP contribution in [0.2, 0.25) is 0 Å². The zero-order valence-electron chi connectivity index (χ0n) is 8.78. The van der Waals surface area contributed by atoms with Gasteiger partial charge in [0.2, 0.25) is 0 Å². The lowest BCUT2D eigenvalue weighted by Gasteiger charge is -1.77. The predicted octanol–water partition coefficient (Wildman–Crippen LogP) is 1.58. The van der Waals surface area contributed by atoms with E-state index in [0.29, 0.717) is 0 Å². The van der Waals surface area contributed by atoms with Gasteiger partial charge >= 0.3 is 0 Å². The molecule has 3 rings (SSSR count). The second-order valence-electron chi connectivity index (χ2n) is 3.92. The number of benzene rings is 1. The van der Waals surface area contributed by atoms with Gasteiger partial charge in [-0.2, -0.15) is 0 Å². The summed E-state index contributed by atoms with van der Waals surface area (Å²) >= 11 is 0. The van der Waals surface area contributed by atoms with Gasteiger partial charge in [-0.15, -0.1) is 0 Å². The van der Waals surface area contributed by atoms with Gasteiger partial charge in [0.25, 0.3) is 5.91 Å². The van der Waals surface area contributed by atoms with Crippen LogP contribution >= 0.6 is 0 Å². The second-order valence-corrected chi connectivity index (χ2v) is 3.92. The number of nitrogens with zero attached hydrogens (tertiary/aromatic N) is 1. The largest absolute Gasteiger partial charge is 0.270 e. The van der Waals surface area contributed by atoms with Gasteiger partial charge in [-0.3, -0.25) is 4.79 Å². The average Bonchev–Trinajstić information content (AvgIpc) is 2.87. The molecule has 0 unspecified atom stereocenters. The lowest BCUT2D eigenvalue weighted by atomic mass is 10.3. The smallest absolute Gasteiger partial charge is 0.267 e. The summed E-state index contributed by atoms with van der Waals surface area (Å²) in [5.74, 6) is -0.152. The Morgan fingerprint density at radius 1 is 0.933 bits per heavy atom. The molecule has 2 heteroatoms. The van der Waals surface area contributed by atoms with Gasteiger partial charge in [0.05, 0.1) is 5.36 Å². The van der Waals surface area contributed by atoms with Crippen LogP contribution < -0.4 is 10.6 Å². The predicted molar refractivity (Wildman–Crippen MR) is 59.8 cm³/mol. The molecule has 0 aromatic heterocycles. The van der Waals surface area contributed by atoms with Crippen LogP contribution in [-0.2, 0) is 4.79 Å². The standard InChI is InChI=1S/C8H5NO.C5H10/c10-8-5-6-3-1-2-4-7(6)9-8;1-2-4-5-3-1/h1-5H;1-5H2. The molecular formula is C13H15NO. The van der Waals surface area contributed by atoms with E-state index in [4.69, 9.17) is 0 Å². The first-order chi connectivity index (χ1) is 7.36. The molecule has 1 aliphatic heterocycles. The van der Waals surface area contributed by atoms with Crippen molar-refractivity contribution >= 4 is 12.0 Å². The van der Waals surface area contributed by atoms with Crippen LogP contribution in [0.5, 0.6) is 0 Å². The molecule has 1 aliphatic carbocycles. The minimum absolute atomic E-state index is 0.152. The van der Waals surface area contributed by atoms with E-state index >= 15 is 0 Å². The van der Waals surface area contributed by atoms with Crippen LogP contribution in [-0.4, -0.2) is 5.91 Å². The molecular weight excluding hydrogens is 186 g/mol. The summed E-state index contributed by atoms with van der Waals surface area (Å²) in [6.07, 6.45) is 9.04. The highest BCUT2D eigenvalue weighted by Gasteiger charge is 1.99. The van der Waals surface area contributed by atoms with Crippen molar-refractivity contribution in [3.05, 3.63) is 34.8 Å². The van der Waals surface area contributed by atoms with Crippen LogP contribution in [0.4, 0.5) is 0 Å². The number of carbonyl (C=O) groups excluding carboxylic acids is 1. The molecule has 1 aromatic carbocycles. The van der Waals surface area contributed by atoms with E-state index in [0.717, 1.165) is 10.6 Å². The maximum atomic E-state index is 10.7. The van der Waals surface area contributed by atoms with Crippen molar-refractivity contribution in [1.29, 1.82) is 0 Å². The molecule has 0 radical (unpaired) electrons. The van der Waals surface area contributed by atoms with Crippen molar-refractivity contribution in [2.75, 3.05) is 0 Å². The third-order valence-electron chi connectivity index (χ3n) is 2.70. The zero-order valence-corrected chi connectivity index (χ0v) is 8.78. The van der Waals surface area contributed by atoms with E-state index in [1.807, 2.05) is 24.3 Å². The molecule has 2 aliphatic rings. The van der Waals surface area contributed by atoms with E-state index in [1.165, 1.54) is 38.2 Å². The van der Waals surface area contributed by atoms with Gasteiger partial charge in [-0.25, -0.2) is 4.99 Å². The Labute approximate surface area is 89.3 Å². The van der Waals surface area contributed by atoms with Crippen LogP contribution in [0.25, 0.3) is 6.08 Å². The highest BCUT2D eigenvalue weighted by Crippen LogP contribution is 2.15. The van der Waals surface area contributed by atoms with E-state index in [2.05, 4.69) is 4.99 Å². The zero-order chi connectivity index (χ0) is 10.5. The molecule has 1 fully saturated rings. The summed E-state index contributed by atoms with van der Waals surface area (Å²) in [7, 11) is 0. The second kappa shape index (κ2) is 4.87. The van der Waals surface area contributed by atoms with Gasteiger partial charge in [0.1, 0.15) is 0 Å². The number of fused-ring (bicyclic) bond motifs is 1. The summed E-state index contributed by atoms with van der Waals surface area (Å²) in [4.78, 5) is 14.4. The number of hydrogen-bond acceptors (Lipinski definition) is 1. The Balaban J connectivity index is 0.000000144. The number of para-hydroxylation sites is 1. The maximum Gasteiger partial charge on any atom is 0.270 e. The molecule has 1 amide bonds. The van der Waals surface area contributed by atoms with Crippen molar-refractivity contribution in [1.82, 2.24) is 0 Å².